The standard InChI is InChI=1S/C8H5ClF2N2O4/c9-5-2-4(13(16)17)3(1-6(14)15)7(12-5)8(10)11/h2,8H,1H2,(H,14,15). The molecule has 1 rings (SSSR count). The van der Waals surface area contributed by atoms with Gasteiger partial charge in [-0.3, -0.25) is 14.9 Å². The number of aliphatic carboxylic acids is 1. The first kappa shape index (κ1) is 13.2. The van der Waals surface area contributed by atoms with Crippen molar-refractivity contribution in [1.82, 2.24) is 4.98 Å². The number of nitrogens with zero attached hydrogens (tertiary/aromatic N) is 2. The third-order valence-electron chi connectivity index (χ3n) is 1.83. The van der Waals surface area contributed by atoms with Crippen molar-refractivity contribution < 1.29 is 23.6 Å². The first-order chi connectivity index (χ1) is 7.82. The number of rotatable bonds is 4. The zero-order valence-electron chi connectivity index (χ0n) is 8.06. The Hall–Kier alpha value is -1.83. The molecule has 1 aromatic rings. The Morgan fingerprint density at radius 2 is 2.24 bits per heavy atom. The molecule has 0 aliphatic carbocycles. The van der Waals surface area contributed by atoms with Crippen LogP contribution in [0.5, 0.6) is 0 Å². The molecule has 0 saturated carbocycles. The summed E-state index contributed by atoms with van der Waals surface area (Å²) >= 11 is 5.35. The Balaban J connectivity index is 3.46. The Bertz CT molecular complexity index is 481. The van der Waals surface area contributed by atoms with Crippen LogP contribution in [0.15, 0.2) is 6.07 Å². The van der Waals surface area contributed by atoms with E-state index in [1.807, 2.05) is 0 Å². The van der Waals surface area contributed by atoms with Crippen molar-refractivity contribution in [3.8, 4) is 0 Å². The highest BCUT2D eigenvalue weighted by Crippen LogP contribution is 2.31. The second kappa shape index (κ2) is 5.00. The minimum Gasteiger partial charge on any atom is -0.481 e. The minimum atomic E-state index is -3.14. The third-order valence-corrected chi connectivity index (χ3v) is 2.03. The van der Waals surface area contributed by atoms with Gasteiger partial charge in [0.15, 0.2) is 0 Å². The maximum atomic E-state index is 12.6. The molecular formula is C8H5ClF2N2O4. The van der Waals surface area contributed by atoms with Crippen LogP contribution in [0.4, 0.5) is 14.5 Å². The van der Waals surface area contributed by atoms with E-state index in [1.54, 1.807) is 0 Å². The molecule has 0 aromatic carbocycles. The van der Waals surface area contributed by atoms with E-state index in [2.05, 4.69) is 4.98 Å². The molecule has 17 heavy (non-hydrogen) atoms. The first-order valence-electron chi connectivity index (χ1n) is 4.16. The molecule has 0 bridgehead atoms. The summed E-state index contributed by atoms with van der Waals surface area (Å²) in [5, 5.41) is 18.6. The topological polar surface area (TPSA) is 93.3 Å². The van der Waals surface area contributed by atoms with Gasteiger partial charge in [0.2, 0.25) is 0 Å². The van der Waals surface area contributed by atoms with Crippen LogP contribution < -0.4 is 0 Å². The van der Waals surface area contributed by atoms with Crippen LogP contribution in [0.25, 0.3) is 0 Å². The fourth-order valence-corrected chi connectivity index (χ4v) is 1.42. The second-order valence-electron chi connectivity index (χ2n) is 2.96. The van der Waals surface area contributed by atoms with Crippen molar-refractivity contribution in [2.75, 3.05) is 0 Å². The third kappa shape index (κ3) is 3.06. The lowest BCUT2D eigenvalue weighted by molar-refractivity contribution is -0.385. The molecule has 0 radical (unpaired) electrons. The average molecular weight is 267 g/mol. The Morgan fingerprint density at radius 3 is 2.65 bits per heavy atom. The maximum Gasteiger partial charge on any atom is 0.308 e. The fraction of sp³-hybridized carbons (Fsp3) is 0.250. The number of nitro groups is 1. The Kier molecular flexibility index (Phi) is 3.89. The summed E-state index contributed by atoms with van der Waals surface area (Å²) in [6.07, 6.45) is -4.05. The highest BCUT2D eigenvalue weighted by Gasteiger charge is 2.27. The summed E-state index contributed by atoms with van der Waals surface area (Å²) in [5.74, 6) is -1.47. The molecule has 6 nitrogen and oxygen atoms in total. The molecule has 0 amide bonds. The molecule has 1 N–H and O–H groups in total. The number of hydrogen-bond donors (Lipinski definition) is 1. The van der Waals surface area contributed by atoms with Crippen molar-refractivity contribution >= 4 is 23.3 Å². The van der Waals surface area contributed by atoms with Gasteiger partial charge in [-0.1, -0.05) is 11.6 Å². The summed E-state index contributed by atoms with van der Waals surface area (Å²) < 4.78 is 25.1. The molecule has 0 aliphatic rings. The fourth-order valence-electron chi connectivity index (χ4n) is 1.22. The van der Waals surface area contributed by atoms with E-state index in [0.29, 0.717) is 0 Å². The van der Waals surface area contributed by atoms with E-state index in [4.69, 9.17) is 16.7 Å². The van der Waals surface area contributed by atoms with Crippen molar-refractivity contribution in [2.45, 2.75) is 12.8 Å². The van der Waals surface area contributed by atoms with E-state index in [1.165, 1.54) is 0 Å². The predicted molar refractivity (Wildman–Crippen MR) is 52.2 cm³/mol. The van der Waals surface area contributed by atoms with Crippen LogP contribution >= 0.6 is 11.6 Å². The quantitative estimate of drug-likeness (QED) is 0.512. The van der Waals surface area contributed by atoms with Gasteiger partial charge >= 0.3 is 5.97 Å². The predicted octanol–water partition coefficient (Wildman–Crippen LogP) is 2.21. The number of halogens is 3. The molecule has 0 fully saturated rings. The van der Waals surface area contributed by atoms with E-state index in [0.717, 1.165) is 6.07 Å². The summed E-state index contributed by atoms with van der Waals surface area (Å²) in [6, 6.07) is 0.742. The summed E-state index contributed by atoms with van der Waals surface area (Å²) in [7, 11) is 0. The molecule has 0 saturated heterocycles. The zero-order chi connectivity index (χ0) is 13.2. The van der Waals surface area contributed by atoms with Crippen LogP contribution in [0.1, 0.15) is 17.7 Å². The summed E-state index contributed by atoms with van der Waals surface area (Å²) in [5.41, 5.74) is -2.39. The summed E-state index contributed by atoms with van der Waals surface area (Å²) in [4.78, 5) is 23.3. The highest BCUT2D eigenvalue weighted by molar-refractivity contribution is 6.29. The Morgan fingerprint density at radius 1 is 1.65 bits per heavy atom. The number of aromatic nitrogens is 1. The van der Waals surface area contributed by atoms with Gasteiger partial charge in [-0.05, 0) is 0 Å². The number of alkyl halides is 2. The van der Waals surface area contributed by atoms with Crippen molar-refractivity contribution in [3.05, 3.63) is 32.6 Å². The second-order valence-corrected chi connectivity index (χ2v) is 3.34. The smallest absolute Gasteiger partial charge is 0.308 e. The molecule has 0 atom stereocenters. The average Bonchev–Trinajstić information content (AvgIpc) is 2.18. The van der Waals surface area contributed by atoms with Gasteiger partial charge in [0, 0.05) is 0 Å². The van der Waals surface area contributed by atoms with Gasteiger partial charge in [0.05, 0.1) is 23.0 Å². The monoisotopic (exact) mass is 266 g/mol. The number of pyridine rings is 1. The SMILES string of the molecule is O=C(O)Cc1c([N+](=O)[O-])cc(Cl)nc1C(F)F. The van der Waals surface area contributed by atoms with Crippen LogP contribution in [0.3, 0.4) is 0 Å². The highest BCUT2D eigenvalue weighted by atomic mass is 35.5. The summed E-state index contributed by atoms with van der Waals surface area (Å²) in [6.45, 7) is 0. The molecule has 1 aromatic heterocycles. The Labute approximate surface area is 98.0 Å². The van der Waals surface area contributed by atoms with Crippen LogP contribution in [-0.2, 0) is 11.2 Å². The molecule has 9 heteroatoms. The zero-order valence-corrected chi connectivity index (χ0v) is 8.82. The van der Waals surface area contributed by atoms with Crippen LogP contribution in [0.2, 0.25) is 5.15 Å². The van der Waals surface area contributed by atoms with E-state index in [9.17, 15) is 23.7 Å². The molecule has 92 valence electrons. The lowest BCUT2D eigenvalue weighted by Crippen LogP contribution is -2.09. The number of carboxylic acids is 1. The van der Waals surface area contributed by atoms with E-state index in [-0.39, 0.29) is 0 Å². The molecule has 0 aliphatic heterocycles. The van der Waals surface area contributed by atoms with Crippen LogP contribution in [-0.4, -0.2) is 21.0 Å². The minimum absolute atomic E-state index is 0.485. The van der Waals surface area contributed by atoms with Gasteiger partial charge in [-0.2, -0.15) is 0 Å². The number of carbonyl (C=O) groups is 1. The van der Waals surface area contributed by atoms with Gasteiger partial charge in [-0.25, -0.2) is 13.8 Å². The number of carboxylic acid groups (broad SMARTS) is 1. The molecule has 1 heterocycles. The first-order valence-corrected chi connectivity index (χ1v) is 4.54. The lowest BCUT2D eigenvalue weighted by Gasteiger charge is -2.07. The molecule has 0 spiro atoms. The van der Waals surface area contributed by atoms with Crippen molar-refractivity contribution in [3.63, 3.8) is 0 Å². The van der Waals surface area contributed by atoms with Crippen molar-refractivity contribution in [2.24, 2.45) is 0 Å². The van der Waals surface area contributed by atoms with Gasteiger partial charge in [0.1, 0.15) is 10.8 Å². The van der Waals surface area contributed by atoms with Crippen LogP contribution in [0, 0.1) is 10.1 Å². The van der Waals surface area contributed by atoms with Gasteiger partial charge in [-0.15, -0.1) is 0 Å². The number of hydrogen-bond acceptors (Lipinski definition) is 4. The molecular weight excluding hydrogens is 262 g/mol. The van der Waals surface area contributed by atoms with Crippen molar-refractivity contribution in [1.29, 1.82) is 0 Å². The van der Waals surface area contributed by atoms with E-state index >= 15 is 0 Å². The maximum absolute atomic E-state index is 12.6. The van der Waals surface area contributed by atoms with Gasteiger partial charge < -0.3 is 5.11 Å². The lowest BCUT2D eigenvalue weighted by atomic mass is 10.1. The van der Waals surface area contributed by atoms with Gasteiger partial charge in [0.25, 0.3) is 12.1 Å². The van der Waals surface area contributed by atoms with E-state index < -0.39 is 45.8 Å². The normalized spacial score (nSPS) is 10.6. The molecule has 0 unspecified atom stereocenters. The largest absolute Gasteiger partial charge is 0.481 e.